The highest BCUT2D eigenvalue weighted by Crippen LogP contribution is 2.45. The van der Waals surface area contributed by atoms with Crippen LogP contribution < -0.4 is 5.32 Å². The van der Waals surface area contributed by atoms with Crippen LogP contribution >= 0.6 is 0 Å². The maximum Gasteiger partial charge on any atom is 0.308 e. The molecule has 0 amide bonds. The monoisotopic (exact) mass is 1100 g/mol. The van der Waals surface area contributed by atoms with Crippen LogP contribution in [-0.2, 0) is 65.8 Å². The zero-order valence-electron chi connectivity index (χ0n) is 49.8. The molecule has 0 aromatic carbocycles. The van der Waals surface area contributed by atoms with Gasteiger partial charge < -0.3 is 71.5 Å². The summed E-state index contributed by atoms with van der Waals surface area (Å²) in [5.41, 5.74) is -1.29. The number of likely N-dealkylation sites (N-methyl/N-ethyl adjacent to an activating group) is 2. The average molecular weight is 1100 g/mol. The largest absolute Gasteiger partial charge is 0.462 e. The summed E-state index contributed by atoms with van der Waals surface area (Å²) in [6.07, 6.45) is 1.04. The molecule has 2 N–H and O–H groups in total. The molecule has 5 rings (SSSR count). The summed E-state index contributed by atoms with van der Waals surface area (Å²) in [6.45, 7) is 34.9. The zero-order chi connectivity index (χ0) is 56.2. The van der Waals surface area contributed by atoms with E-state index in [1.807, 2.05) is 65.0 Å². The highest BCUT2D eigenvalue weighted by molar-refractivity contribution is 6.74. The number of allylic oxidation sites excluding steroid dienone is 2. The fourth-order valence-corrected chi connectivity index (χ4v) is 13.5. The van der Waals surface area contributed by atoms with Crippen LogP contribution in [0.1, 0.15) is 135 Å². The van der Waals surface area contributed by atoms with Crippen molar-refractivity contribution in [1.82, 2.24) is 10.2 Å². The van der Waals surface area contributed by atoms with E-state index >= 15 is 0 Å². The molecule has 2 bridgehead atoms. The van der Waals surface area contributed by atoms with Crippen LogP contribution in [0.3, 0.4) is 0 Å². The van der Waals surface area contributed by atoms with Crippen LogP contribution in [0.25, 0.3) is 0 Å². The molecule has 75 heavy (non-hydrogen) atoms. The lowest BCUT2D eigenvalue weighted by Crippen LogP contribution is -2.67. The maximum absolute atomic E-state index is 14.0. The predicted octanol–water partition coefficient (Wildman–Crippen LogP) is 8.77. The Bertz CT molecular complexity index is 1890. The molecule has 0 spiro atoms. The fraction of sp³-hybridized carbons (Fsp3) is 0.893. The van der Waals surface area contributed by atoms with E-state index in [1.165, 1.54) is 6.92 Å². The molecule has 0 aromatic rings. The Labute approximate surface area is 453 Å². The molecule has 17 nitrogen and oxygen atoms in total. The summed E-state index contributed by atoms with van der Waals surface area (Å²) < 4.78 is 81.0. The van der Waals surface area contributed by atoms with E-state index in [-0.39, 0.29) is 53.0 Å². The van der Waals surface area contributed by atoms with Gasteiger partial charge in [-0.25, -0.2) is 0 Å². The van der Waals surface area contributed by atoms with Gasteiger partial charge in [-0.1, -0.05) is 72.8 Å². The van der Waals surface area contributed by atoms with E-state index in [0.717, 1.165) is 12.8 Å². The van der Waals surface area contributed by atoms with Crippen LogP contribution in [0.5, 0.6) is 0 Å². The molecule has 5 aliphatic heterocycles. The van der Waals surface area contributed by atoms with E-state index in [0.29, 0.717) is 19.3 Å². The minimum absolute atomic E-state index is 0.0419. The van der Waals surface area contributed by atoms with Crippen molar-refractivity contribution in [1.29, 1.82) is 0 Å². The number of rotatable bonds is 14. The molecule has 20 unspecified atom stereocenters. The van der Waals surface area contributed by atoms with Crippen LogP contribution in [0.2, 0.25) is 36.3 Å². The predicted molar refractivity (Wildman–Crippen MR) is 293 cm³/mol. The number of aliphatic hydroxyl groups is 1. The Hall–Kier alpha value is -1.67. The second-order valence-electron chi connectivity index (χ2n) is 25.9. The van der Waals surface area contributed by atoms with E-state index in [4.69, 9.17) is 56.2 Å². The Kier molecular flexibility index (Phi) is 22.5. The lowest BCUT2D eigenvalue weighted by molar-refractivity contribution is -0.343. The summed E-state index contributed by atoms with van der Waals surface area (Å²) in [5, 5.41) is 15.2. The maximum atomic E-state index is 14.0. The Morgan fingerprint density at radius 2 is 1.43 bits per heavy atom. The highest BCUT2D eigenvalue weighted by Gasteiger charge is 2.56. The third-order valence-corrected chi connectivity index (χ3v) is 26.1. The normalized spacial score (nSPS) is 41.2. The second-order valence-corrected chi connectivity index (χ2v) is 35.4. The minimum atomic E-state index is -2.50. The standard InChI is InChI=1S/C56H102N2O15Si2/c1-33-29-39-30-45(72-74(18,19)54(7,8)9)69-42(31-43(60)63-34(2)25-23-22-24-26-41(33)68-44-28-27-40(57-14)35(3)64-44)50(62-17)49(39)71-53-51(67-38(6)59)47(58(15)16)48(36(4)66-53)70-46-32-56(13,61)52(37(5)65-46)73-75(20,21)55(10,11)12/h22-24,26,33-37,39-42,44-53,57,61H,25,27-32H2,1-21H3/b23-22-,26-24-. The molecule has 0 aromatic heterocycles. The number of carbonyl (C=O) groups is 2. The third kappa shape index (κ3) is 16.7. The average Bonchev–Trinajstić information content (AvgIpc) is 3.38. The van der Waals surface area contributed by atoms with Crippen molar-refractivity contribution < 1.29 is 70.9 Å². The molecule has 4 fully saturated rings. The first-order chi connectivity index (χ1) is 34.7. The van der Waals surface area contributed by atoms with E-state index in [9.17, 15) is 14.7 Å². The number of hydrogen-bond acceptors (Lipinski definition) is 17. The summed E-state index contributed by atoms with van der Waals surface area (Å²) >= 11 is 0. The number of fused-ring (bicyclic) bond motifs is 3. The molecule has 0 saturated carbocycles. The van der Waals surface area contributed by atoms with Gasteiger partial charge in [-0.3, -0.25) is 9.59 Å². The highest BCUT2D eigenvalue weighted by atomic mass is 28.4. The van der Waals surface area contributed by atoms with Gasteiger partial charge in [0.2, 0.25) is 0 Å². The summed E-state index contributed by atoms with van der Waals surface area (Å²) in [4.78, 5) is 29.3. The number of hydrogen-bond donors (Lipinski definition) is 2. The first-order valence-electron chi connectivity index (χ1n) is 27.9. The lowest BCUT2D eigenvalue weighted by atomic mass is 9.82. The Morgan fingerprint density at radius 3 is 2.00 bits per heavy atom. The molecule has 5 heterocycles. The van der Waals surface area contributed by atoms with Crippen molar-refractivity contribution in [2.45, 2.75) is 281 Å². The molecule has 434 valence electrons. The van der Waals surface area contributed by atoms with Gasteiger partial charge >= 0.3 is 11.9 Å². The zero-order valence-corrected chi connectivity index (χ0v) is 51.8. The molecular weight excluding hydrogens is 997 g/mol. The van der Waals surface area contributed by atoms with Crippen LogP contribution in [-0.4, -0.2) is 177 Å². The van der Waals surface area contributed by atoms with Crippen molar-refractivity contribution in [3.63, 3.8) is 0 Å². The van der Waals surface area contributed by atoms with Gasteiger partial charge in [-0.2, -0.15) is 0 Å². The number of nitrogens with one attached hydrogen (secondary N) is 1. The van der Waals surface area contributed by atoms with Crippen molar-refractivity contribution in [2.75, 3.05) is 28.3 Å². The first-order valence-corrected chi connectivity index (χ1v) is 33.7. The van der Waals surface area contributed by atoms with Crippen LogP contribution in [0.4, 0.5) is 0 Å². The Morgan fingerprint density at radius 1 is 0.787 bits per heavy atom. The van der Waals surface area contributed by atoms with Gasteiger partial charge in [0.25, 0.3) is 0 Å². The lowest BCUT2D eigenvalue weighted by Gasteiger charge is -2.52. The van der Waals surface area contributed by atoms with Crippen molar-refractivity contribution in [2.24, 2.45) is 11.8 Å². The van der Waals surface area contributed by atoms with Crippen LogP contribution in [0.15, 0.2) is 24.3 Å². The van der Waals surface area contributed by atoms with Gasteiger partial charge in [0.05, 0.1) is 60.8 Å². The number of carbonyl (C=O) groups excluding carboxylic acids is 2. The summed E-state index contributed by atoms with van der Waals surface area (Å²) in [6, 6.07) is -0.401. The number of cyclic esters (lactones) is 1. The summed E-state index contributed by atoms with van der Waals surface area (Å²) in [5.74, 6) is -1.45. The third-order valence-electron chi connectivity index (χ3n) is 17.2. The van der Waals surface area contributed by atoms with Crippen molar-refractivity contribution in [3.05, 3.63) is 24.3 Å². The first kappa shape index (κ1) is 64.2. The molecule has 4 saturated heterocycles. The van der Waals surface area contributed by atoms with E-state index in [1.54, 1.807) is 14.0 Å². The fourth-order valence-electron chi connectivity index (χ4n) is 10.9. The molecule has 19 heteroatoms. The smallest absolute Gasteiger partial charge is 0.308 e. The number of esters is 2. The molecule has 20 atom stereocenters. The van der Waals surface area contributed by atoms with Crippen molar-refractivity contribution in [3.8, 4) is 0 Å². The quantitative estimate of drug-likeness (QED) is 0.124. The minimum Gasteiger partial charge on any atom is -0.462 e. The number of ether oxygens (including phenoxy) is 10. The van der Waals surface area contributed by atoms with Gasteiger partial charge in [-0.15, -0.1) is 0 Å². The molecule has 0 aliphatic carbocycles. The van der Waals surface area contributed by atoms with Gasteiger partial charge in [0.15, 0.2) is 41.6 Å². The van der Waals surface area contributed by atoms with E-state index in [2.05, 4.69) is 93.0 Å². The Balaban J connectivity index is 1.57. The van der Waals surface area contributed by atoms with Crippen LogP contribution in [0, 0.1) is 11.8 Å². The van der Waals surface area contributed by atoms with Gasteiger partial charge in [-0.05, 0) is 123 Å². The van der Waals surface area contributed by atoms with Gasteiger partial charge in [0.1, 0.15) is 24.6 Å². The van der Waals surface area contributed by atoms with Gasteiger partial charge in [0, 0.05) is 39.3 Å². The number of methoxy groups -OCH3 is 1. The van der Waals surface area contributed by atoms with Crippen molar-refractivity contribution >= 4 is 28.6 Å². The molecular formula is C56H102N2O15Si2. The summed E-state index contributed by atoms with van der Waals surface area (Å²) in [7, 11) is 2.56. The number of nitrogens with zero attached hydrogens (tertiary/aromatic N) is 1. The molecule has 0 radical (unpaired) electrons. The SMILES string of the molecule is CNC1CCC(OC2/C=C\C=C/CC(C)OC(=O)CC3OC(O[Si](C)(C)C(C)(C)C)CC(CC2C)C(OC2OC(C)C(OC4CC(C)(O)C(O[Si](C)(C)C(C)(C)C)C(C)O4)C(N(C)C)C2OC(C)=O)C3OC)OC1C. The van der Waals surface area contributed by atoms with E-state index < -0.39 is 120 Å². The second kappa shape index (κ2) is 26.3. The topological polar surface area (TPSA) is 180 Å². The molecule has 5 aliphatic rings.